The molecular formula is C33H36O3. The number of phenolic OH excluding ortho intramolecular Hbond substituents is 2. The SMILES string of the molecule is Cc1cc2cc3c(cc2cc1O)C(C)(CCCC1CCCCC1)c1cc2cc(O)c(C)cc2cc1O3. The molecule has 4 aromatic rings. The fraction of sp³-hybridized carbons (Fsp3) is 0.394. The molecule has 0 aromatic heterocycles. The van der Waals surface area contributed by atoms with Gasteiger partial charge in [0.2, 0.25) is 0 Å². The topological polar surface area (TPSA) is 49.7 Å². The maximum absolute atomic E-state index is 10.4. The van der Waals surface area contributed by atoms with E-state index in [1.165, 1.54) is 56.1 Å². The first-order valence-corrected chi connectivity index (χ1v) is 13.6. The number of benzene rings is 4. The second kappa shape index (κ2) is 8.73. The van der Waals surface area contributed by atoms with Crippen molar-refractivity contribution in [3.05, 3.63) is 70.8 Å². The Morgan fingerprint density at radius 1 is 0.722 bits per heavy atom. The van der Waals surface area contributed by atoms with Gasteiger partial charge in [0.1, 0.15) is 23.0 Å². The van der Waals surface area contributed by atoms with Crippen LogP contribution in [0.15, 0.2) is 48.5 Å². The predicted molar refractivity (Wildman–Crippen MR) is 148 cm³/mol. The molecule has 0 radical (unpaired) electrons. The Morgan fingerprint density at radius 2 is 1.22 bits per heavy atom. The van der Waals surface area contributed by atoms with Gasteiger partial charge in [-0.3, -0.25) is 0 Å². The maximum Gasteiger partial charge on any atom is 0.132 e. The van der Waals surface area contributed by atoms with Crippen molar-refractivity contribution in [2.75, 3.05) is 0 Å². The number of hydrogen-bond acceptors (Lipinski definition) is 3. The lowest BCUT2D eigenvalue weighted by Crippen LogP contribution is -2.28. The third-order valence-electron chi connectivity index (χ3n) is 8.93. The van der Waals surface area contributed by atoms with Crippen molar-refractivity contribution in [1.29, 1.82) is 0 Å². The molecule has 2 aliphatic rings. The van der Waals surface area contributed by atoms with Gasteiger partial charge in [-0.25, -0.2) is 0 Å². The zero-order valence-corrected chi connectivity index (χ0v) is 21.7. The van der Waals surface area contributed by atoms with Crippen molar-refractivity contribution in [1.82, 2.24) is 0 Å². The van der Waals surface area contributed by atoms with Gasteiger partial charge in [-0.2, -0.15) is 0 Å². The van der Waals surface area contributed by atoms with Gasteiger partial charge in [0.05, 0.1) is 0 Å². The Kier molecular flexibility index (Phi) is 5.63. The summed E-state index contributed by atoms with van der Waals surface area (Å²) in [5, 5.41) is 25.1. The van der Waals surface area contributed by atoms with Crippen LogP contribution in [0.2, 0.25) is 0 Å². The summed E-state index contributed by atoms with van der Waals surface area (Å²) in [4.78, 5) is 0. The van der Waals surface area contributed by atoms with Gasteiger partial charge >= 0.3 is 0 Å². The first kappa shape index (κ1) is 23.2. The first-order chi connectivity index (χ1) is 17.3. The molecule has 1 aliphatic heterocycles. The van der Waals surface area contributed by atoms with Crippen molar-refractivity contribution in [2.45, 2.75) is 77.6 Å². The lowest BCUT2D eigenvalue weighted by Gasteiger charge is -2.38. The highest BCUT2D eigenvalue weighted by Crippen LogP contribution is 2.53. The summed E-state index contributed by atoms with van der Waals surface area (Å²) in [6, 6.07) is 16.6. The molecule has 1 heterocycles. The molecule has 3 nitrogen and oxygen atoms in total. The Labute approximate surface area is 213 Å². The molecule has 0 amide bonds. The van der Waals surface area contributed by atoms with Gasteiger partial charge in [0, 0.05) is 16.5 Å². The number of hydrogen-bond donors (Lipinski definition) is 2. The Balaban J connectivity index is 1.48. The number of aromatic hydroxyl groups is 2. The second-order valence-electron chi connectivity index (χ2n) is 11.5. The van der Waals surface area contributed by atoms with Crippen LogP contribution in [0.4, 0.5) is 0 Å². The minimum atomic E-state index is -0.221. The van der Waals surface area contributed by atoms with E-state index in [-0.39, 0.29) is 5.41 Å². The summed E-state index contributed by atoms with van der Waals surface area (Å²) >= 11 is 0. The molecule has 0 bridgehead atoms. The van der Waals surface area contributed by atoms with Crippen LogP contribution in [-0.2, 0) is 5.41 Å². The van der Waals surface area contributed by atoms with Crippen molar-refractivity contribution in [3.63, 3.8) is 0 Å². The number of rotatable bonds is 4. The summed E-state index contributed by atoms with van der Waals surface area (Å²) in [5.41, 5.74) is 3.89. The van der Waals surface area contributed by atoms with E-state index in [1.807, 2.05) is 38.1 Å². The fourth-order valence-corrected chi connectivity index (χ4v) is 6.65. The monoisotopic (exact) mass is 480 g/mol. The standard InChI is InChI=1S/C33H36O3/c1-20-12-23-18-31-27(14-25(23)16-29(20)34)33(3,11-7-10-22-8-5-4-6-9-22)28-15-26-17-30(35)21(2)13-24(26)19-32(28)36-31/h12-19,22,34-35H,4-11H2,1-3H3. The number of phenols is 2. The van der Waals surface area contributed by atoms with Crippen molar-refractivity contribution in [3.8, 4) is 23.0 Å². The average molecular weight is 481 g/mol. The van der Waals surface area contributed by atoms with Crippen LogP contribution >= 0.6 is 0 Å². The van der Waals surface area contributed by atoms with Crippen molar-refractivity contribution >= 4 is 21.5 Å². The zero-order chi connectivity index (χ0) is 25.0. The molecule has 186 valence electrons. The third-order valence-corrected chi connectivity index (χ3v) is 8.93. The van der Waals surface area contributed by atoms with Crippen LogP contribution in [0, 0.1) is 19.8 Å². The maximum atomic E-state index is 10.4. The van der Waals surface area contributed by atoms with Crippen LogP contribution in [0.25, 0.3) is 21.5 Å². The molecule has 3 heteroatoms. The van der Waals surface area contributed by atoms with E-state index in [2.05, 4.69) is 31.2 Å². The minimum Gasteiger partial charge on any atom is -0.508 e. The van der Waals surface area contributed by atoms with E-state index >= 15 is 0 Å². The van der Waals surface area contributed by atoms with Crippen molar-refractivity contribution in [2.24, 2.45) is 5.92 Å². The summed E-state index contributed by atoms with van der Waals surface area (Å²) in [6.07, 6.45) is 10.4. The first-order valence-electron chi connectivity index (χ1n) is 13.6. The molecule has 0 saturated heterocycles. The van der Waals surface area contributed by atoms with E-state index in [4.69, 9.17) is 4.74 Å². The molecular weight excluding hydrogens is 444 g/mol. The van der Waals surface area contributed by atoms with Gasteiger partial charge in [0.15, 0.2) is 0 Å². The zero-order valence-electron chi connectivity index (χ0n) is 21.7. The number of ether oxygens (including phenoxy) is 1. The number of fused-ring (bicyclic) bond motifs is 4. The smallest absolute Gasteiger partial charge is 0.132 e. The lowest BCUT2D eigenvalue weighted by molar-refractivity contribution is 0.313. The van der Waals surface area contributed by atoms with Crippen LogP contribution in [0.1, 0.15) is 80.5 Å². The van der Waals surface area contributed by atoms with Gasteiger partial charge in [-0.1, -0.05) is 51.9 Å². The van der Waals surface area contributed by atoms with E-state index in [0.717, 1.165) is 56.5 Å². The molecule has 0 unspecified atom stereocenters. The second-order valence-corrected chi connectivity index (χ2v) is 11.5. The van der Waals surface area contributed by atoms with Gasteiger partial charge < -0.3 is 14.9 Å². The highest BCUT2D eigenvalue weighted by molar-refractivity contribution is 5.91. The molecule has 1 saturated carbocycles. The van der Waals surface area contributed by atoms with E-state index in [9.17, 15) is 10.2 Å². The van der Waals surface area contributed by atoms with Gasteiger partial charge in [-0.15, -0.1) is 0 Å². The van der Waals surface area contributed by atoms with E-state index in [1.54, 1.807) is 0 Å². The molecule has 0 spiro atoms. The highest BCUT2D eigenvalue weighted by Gasteiger charge is 2.38. The van der Waals surface area contributed by atoms with Crippen LogP contribution in [0.5, 0.6) is 23.0 Å². The van der Waals surface area contributed by atoms with Crippen LogP contribution < -0.4 is 4.74 Å². The van der Waals surface area contributed by atoms with Gasteiger partial charge in [-0.05, 0) is 107 Å². The molecule has 4 aromatic carbocycles. The molecule has 0 atom stereocenters. The molecule has 1 fully saturated rings. The molecule has 1 aliphatic carbocycles. The normalized spacial score (nSPS) is 17.1. The molecule has 2 N–H and O–H groups in total. The largest absolute Gasteiger partial charge is 0.508 e. The van der Waals surface area contributed by atoms with E-state index in [0.29, 0.717) is 11.5 Å². The lowest BCUT2D eigenvalue weighted by atomic mass is 9.69. The third kappa shape index (κ3) is 3.89. The van der Waals surface area contributed by atoms with E-state index < -0.39 is 0 Å². The summed E-state index contributed by atoms with van der Waals surface area (Å²) in [7, 11) is 0. The van der Waals surface area contributed by atoms with Crippen LogP contribution in [-0.4, -0.2) is 10.2 Å². The summed E-state index contributed by atoms with van der Waals surface area (Å²) in [5.74, 6) is 3.34. The quantitative estimate of drug-likeness (QED) is 0.306. The fourth-order valence-electron chi connectivity index (χ4n) is 6.65. The summed E-state index contributed by atoms with van der Waals surface area (Å²) in [6.45, 7) is 6.22. The number of aryl methyl sites for hydroxylation is 2. The average Bonchev–Trinajstić information content (AvgIpc) is 2.85. The van der Waals surface area contributed by atoms with Gasteiger partial charge in [0.25, 0.3) is 0 Å². The Bertz CT molecular complexity index is 1380. The molecule has 36 heavy (non-hydrogen) atoms. The van der Waals surface area contributed by atoms with Crippen LogP contribution in [0.3, 0.4) is 0 Å². The Morgan fingerprint density at radius 3 is 1.75 bits per heavy atom. The summed E-state index contributed by atoms with van der Waals surface area (Å²) < 4.78 is 6.60. The predicted octanol–water partition coefficient (Wildman–Crippen LogP) is 9.18. The minimum absolute atomic E-state index is 0.221. The Hall–Kier alpha value is -3.20. The van der Waals surface area contributed by atoms with Crippen molar-refractivity contribution < 1.29 is 14.9 Å². The highest BCUT2D eigenvalue weighted by atomic mass is 16.5. The molecule has 6 rings (SSSR count).